The summed E-state index contributed by atoms with van der Waals surface area (Å²) >= 11 is 0. The number of hydrogen-bond donors (Lipinski definition) is 1. The van der Waals surface area contributed by atoms with Crippen molar-refractivity contribution in [1.82, 2.24) is 4.31 Å². The van der Waals surface area contributed by atoms with Crippen molar-refractivity contribution in [2.75, 3.05) is 19.0 Å². The van der Waals surface area contributed by atoms with Crippen molar-refractivity contribution in [3.8, 4) is 11.5 Å². The van der Waals surface area contributed by atoms with Crippen LogP contribution in [0.25, 0.3) is 0 Å². The number of hydrogen-bond acceptors (Lipinski definition) is 5. The number of carbonyl (C=O) groups excluding carboxylic acids is 1. The third kappa shape index (κ3) is 4.99. The van der Waals surface area contributed by atoms with E-state index in [1.54, 1.807) is 30.3 Å². The van der Waals surface area contributed by atoms with Gasteiger partial charge >= 0.3 is 0 Å². The number of nitrogens with one attached hydrogen (secondary N) is 1. The molecule has 0 spiro atoms. The summed E-state index contributed by atoms with van der Waals surface area (Å²) in [5.74, 6) is -0.157. The minimum atomic E-state index is -4.04. The summed E-state index contributed by atoms with van der Waals surface area (Å²) in [5, 5.41) is 2.51. The van der Waals surface area contributed by atoms with E-state index in [1.807, 2.05) is 6.07 Å². The molecule has 3 aromatic carbocycles. The van der Waals surface area contributed by atoms with Gasteiger partial charge in [-0.2, -0.15) is 4.31 Å². The van der Waals surface area contributed by atoms with Crippen molar-refractivity contribution < 1.29 is 27.1 Å². The fraction of sp³-hybridized carbons (Fsp3) is 0.208. The second-order valence-corrected chi connectivity index (χ2v) is 9.41. The smallest absolute Gasteiger partial charge is 0.243 e. The number of benzene rings is 3. The van der Waals surface area contributed by atoms with Crippen molar-refractivity contribution in [1.29, 1.82) is 0 Å². The number of methoxy groups -OCH3 is 1. The second kappa shape index (κ2) is 9.60. The van der Waals surface area contributed by atoms with Gasteiger partial charge in [0.05, 0.1) is 24.2 Å². The van der Waals surface area contributed by atoms with Crippen molar-refractivity contribution in [3.05, 3.63) is 84.7 Å². The van der Waals surface area contributed by atoms with Gasteiger partial charge in [-0.25, -0.2) is 12.8 Å². The Balaban J connectivity index is 1.62. The number of carbonyl (C=O) groups is 1. The third-order valence-electron chi connectivity index (χ3n) is 5.36. The first-order valence-corrected chi connectivity index (χ1v) is 11.8. The Morgan fingerprint density at radius 2 is 1.64 bits per heavy atom. The third-order valence-corrected chi connectivity index (χ3v) is 7.25. The van der Waals surface area contributed by atoms with Crippen LogP contribution in [0.3, 0.4) is 0 Å². The van der Waals surface area contributed by atoms with Crippen LogP contribution in [0.15, 0.2) is 83.8 Å². The van der Waals surface area contributed by atoms with Crippen LogP contribution in [0.1, 0.15) is 6.42 Å². The zero-order chi connectivity index (χ0) is 23.4. The average Bonchev–Trinajstić information content (AvgIpc) is 3.26. The average molecular weight is 471 g/mol. The Morgan fingerprint density at radius 1 is 0.970 bits per heavy atom. The fourth-order valence-electron chi connectivity index (χ4n) is 3.71. The number of halogens is 1. The standard InChI is InChI=1S/C24H23FN2O5S/c1-31-17-11-13-20(14-12-17)33(29,30)27-16-19(32-18-7-3-2-4-8-18)15-23(27)24(28)26-22-10-6-5-9-21(22)25/h2-14,19,23H,15-16H2,1H3,(H,26,28). The fourth-order valence-corrected chi connectivity index (χ4v) is 5.34. The normalized spacial score (nSPS) is 18.6. The summed E-state index contributed by atoms with van der Waals surface area (Å²) < 4.78 is 53.1. The number of ether oxygens (including phenoxy) is 2. The SMILES string of the molecule is COc1ccc(S(=O)(=O)N2CC(Oc3ccccc3)CC2C(=O)Nc2ccccc2F)cc1. The van der Waals surface area contributed by atoms with E-state index in [0.29, 0.717) is 11.5 Å². The van der Waals surface area contributed by atoms with E-state index in [4.69, 9.17) is 9.47 Å². The van der Waals surface area contributed by atoms with E-state index < -0.39 is 33.9 Å². The molecule has 172 valence electrons. The summed E-state index contributed by atoms with van der Waals surface area (Å²) in [6.07, 6.45) is -0.443. The predicted molar refractivity (Wildman–Crippen MR) is 121 cm³/mol. The first-order valence-electron chi connectivity index (χ1n) is 10.3. The number of sulfonamides is 1. The molecule has 0 aromatic heterocycles. The van der Waals surface area contributed by atoms with E-state index in [1.165, 1.54) is 49.6 Å². The van der Waals surface area contributed by atoms with Crippen molar-refractivity contribution in [2.45, 2.75) is 23.5 Å². The van der Waals surface area contributed by atoms with E-state index >= 15 is 0 Å². The lowest BCUT2D eigenvalue weighted by molar-refractivity contribution is -0.119. The zero-order valence-electron chi connectivity index (χ0n) is 17.8. The molecule has 3 aromatic rings. The van der Waals surface area contributed by atoms with Gasteiger partial charge < -0.3 is 14.8 Å². The van der Waals surface area contributed by atoms with Crippen LogP contribution in [0.2, 0.25) is 0 Å². The number of anilines is 1. The molecule has 1 fully saturated rings. The maximum absolute atomic E-state index is 14.1. The van der Waals surface area contributed by atoms with E-state index in [0.717, 1.165) is 4.31 Å². The molecule has 2 atom stereocenters. The van der Waals surface area contributed by atoms with Gasteiger partial charge in [0, 0.05) is 6.42 Å². The molecule has 1 aliphatic rings. The topological polar surface area (TPSA) is 84.9 Å². The summed E-state index contributed by atoms with van der Waals surface area (Å²) in [7, 11) is -2.56. The van der Waals surface area contributed by atoms with Crippen molar-refractivity contribution >= 4 is 21.6 Å². The van der Waals surface area contributed by atoms with Gasteiger partial charge in [-0.05, 0) is 48.5 Å². The Hall–Kier alpha value is -3.43. The molecule has 7 nitrogen and oxygen atoms in total. The molecule has 1 saturated heterocycles. The molecule has 1 N–H and O–H groups in total. The van der Waals surface area contributed by atoms with Crippen LogP contribution < -0.4 is 14.8 Å². The number of para-hydroxylation sites is 2. The molecular weight excluding hydrogens is 447 g/mol. The van der Waals surface area contributed by atoms with Crippen LogP contribution in [-0.4, -0.2) is 44.4 Å². The lowest BCUT2D eigenvalue weighted by Crippen LogP contribution is -2.43. The summed E-state index contributed by atoms with van der Waals surface area (Å²) in [4.78, 5) is 13.1. The Morgan fingerprint density at radius 3 is 2.30 bits per heavy atom. The Bertz CT molecular complexity index is 1220. The molecule has 1 heterocycles. The first kappa shape index (κ1) is 22.8. The van der Waals surface area contributed by atoms with Crippen LogP contribution in [0.4, 0.5) is 10.1 Å². The maximum atomic E-state index is 14.1. The summed E-state index contributed by atoms with van der Waals surface area (Å²) in [6.45, 7) is -0.0292. The number of amides is 1. The van der Waals surface area contributed by atoms with Crippen molar-refractivity contribution in [2.24, 2.45) is 0 Å². The van der Waals surface area contributed by atoms with Crippen LogP contribution in [0.5, 0.6) is 11.5 Å². The molecule has 0 radical (unpaired) electrons. The monoisotopic (exact) mass is 470 g/mol. The van der Waals surface area contributed by atoms with Gasteiger partial charge in [-0.3, -0.25) is 4.79 Å². The van der Waals surface area contributed by atoms with E-state index in [9.17, 15) is 17.6 Å². The highest BCUT2D eigenvalue weighted by atomic mass is 32.2. The number of nitrogens with zero attached hydrogens (tertiary/aromatic N) is 1. The quantitative estimate of drug-likeness (QED) is 0.569. The molecular formula is C24H23FN2O5S. The van der Waals surface area contributed by atoms with E-state index in [-0.39, 0.29) is 23.5 Å². The van der Waals surface area contributed by atoms with Crippen LogP contribution >= 0.6 is 0 Å². The van der Waals surface area contributed by atoms with Crippen LogP contribution in [-0.2, 0) is 14.8 Å². The van der Waals surface area contributed by atoms with Gasteiger partial charge in [0.25, 0.3) is 0 Å². The molecule has 33 heavy (non-hydrogen) atoms. The molecule has 1 aliphatic heterocycles. The highest BCUT2D eigenvalue weighted by Crippen LogP contribution is 2.30. The summed E-state index contributed by atoms with van der Waals surface area (Å²) in [5.41, 5.74) is -0.0169. The largest absolute Gasteiger partial charge is 0.497 e. The molecule has 0 bridgehead atoms. The molecule has 4 rings (SSSR count). The molecule has 0 saturated carbocycles. The minimum Gasteiger partial charge on any atom is -0.497 e. The highest BCUT2D eigenvalue weighted by Gasteiger charge is 2.45. The van der Waals surface area contributed by atoms with Gasteiger partial charge in [0.2, 0.25) is 15.9 Å². The Labute approximate surface area is 191 Å². The minimum absolute atomic E-state index is 0.0169. The van der Waals surface area contributed by atoms with Gasteiger partial charge in [0.15, 0.2) is 0 Å². The maximum Gasteiger partial charge on any atom is 0.243 e. The van der Waals surface area contributed by atoms with Gasteiger partial charge in [0.1, 0.15) is 29.5 Å². The predicted octanol–water partition coefficient (Wildman–Crippen LogP) is 3.68. The lowest BCUT2D eigenvalue weighted by atomic mass is 10.2. The van der Waals surface area contributed by atoms with Gasteiger partial charge in [-0.1, -0.05) is 30.3 Å². The second-order valence-electron chi connectivity index (χ2n) is 7.52. The molecule has 2 unspecified atom stereocenters. The lowest BCUT2D eigenvalue weighted by Gasteiger charge is -2.23. The van der Waals surface area contributed by atoms with Crippen LogP contribution in [0, 0.1) is 5.82 Å². The highest BCUT2D eigenvalue weighted by molar-refractivity contribution is 7.89. The Kier molecular flexibility index (Phi) is 6.62. The summed E-state index contributed by atoms with van der Waals surface area (Å²) in [6, 6.07) is 19.5. The first-order chi connectivity index (χ1) is 15.9. The van der Waals surface area contributed by atoms with Crippen molar-refractivity contribution in [3.63, 3.8) is 0 Å². The number of rotatable bonds is 7. The molecule has 0 aliphatic carbocycles. The van der Waals surface area contributed by atoms with Gasteiger partial charge in [-0.15, -0.1) is 0 Å². The molecule has 1 amide bonds. The zero-order valence-corrected chi connectivity index (χ0v) is 18.7. The molecule has 9 heteroatoms. The van der Waals surface area contributed by atoms with E-state index in [2.05, 4.69) is 5.32 Å².